The van der Waals surface area contributed by atoms with Gasteiger partial charge in [-0.25, -0.2) is 8.78 Å². The van der Waals surface area contributed by atoms with E-state index in [9.17, 15) is 8.78 Å². The van der Waals surface area contributed by atoms with Gasteiger partial charge in [-0.2, -0.15) is 5.26 Å². The van der Waals surface area contributed by atoms with Crippen molar-refractivity contribution >= 4 is 0 Å². The van der Waals surface area contributed by atoms with E-state index >= 15 is 0 Å². The second kappa shape index (κ2) is 5.23. The van der Waals surface area contributed by atoms with Gasteiger partial charge in [-0.3, -0.25) is 0 Å². The largest absolute Gasteiger partial charge is 0.390 e. The van der Waals surface area contributed by atoms with Gasteiger partial charge in [0.15, 0.2) is 0 Å². The molecule has 0 aliphatic rings. The first-order valence-corrected chi connectivity index (χ1v) is 4.44. The van der Waals surface area contributed by atoms with Gasteiger partial charge in [0.1, 0.15) is 6.61 Å². The van der Waals surface area contributed by atoms with Crippen molar-refractivity contribution in [1.82, 2.24) is 5.32 Å². The molecular formula is C9H16F2N2O. The van der Waals surface area contributed by atoms with Crippen LogP contribution in [0.1, 0.15) is 20.3 Å². The van der Waals surface area contributed by atoms with E-state index in [1.54, 1.807) is 13.8 Å². The van der Waals surface area contributed by atoms with E-state index in [1.165, 1.54) is 0 Å². The van der Waals surface area contributed by atoms with Crippen LogP contribution in [0, 0.1) is 16.7 Å². The standard InChI is InChI=1S/C9H16F2N2O/c1-8(2,5-12)3-4-13-6-9(10,11)7-14/h13-14H,3-4,6-7H2,1-2H3. The van der Waals surface area contributed by atoms with Crippen molar-refractivity contribution in [1.29, 1.82) is 5.26 Å². The number of hydrogen-bond donors (Lipinski definition) is 2. The Morgan fingerprint density at radius 1 is 1.43 bits per heavy atom. The highest BCUT2D eigenvalue weighted by Gasteiger charge is 2.27. The van der Waals surface area contributed by atoms with Crippen LogP contribution in [0.25, 0.3) is 0 Å². The van der Waals surface area contributed by atoms with Crippen molar-refractivity contribution in [3.63, 3.8) is 0 Å². The number of nitriles is 1. The van der Waals surface area contributed by atoms with Crippen molar-refractivity contribution in [2.75, 3.05) is 19.7 Å². The van der Waals surface area contributed by atoms with Gasteiger partial charge in [0.05, 0.1) is 18.0 Å². The van der Waals surface area contributed by atoms with Crippen molar-refractivity contribution in [2.45, 2.75) is 26.2 Å². The van der Waals surface area contributed by atoms with Gasteiger partial charge in [-0.05, 0) is 26.8 Å². The number of halogens is 2. The molecule has 0 aromatic carbocycles. The molecule has 5 heteroatoms. The average molecular weight is 206 g/mol. The summed E-state index contributed by atoms with van der Waals surface area (Å²) in [4.78, 5) is 0. The molecule has 0 saturated carbocycles. The first kappa shape index (κ1) is 13.3. The maximum atomic E-state index is 12.5. The molecular weight excluding hydrogens is 190 g/mol. The molecule has 0 bridgehead atoms. The summed E-state index contributed by atoms with van der Waals surface area (Å²) in [5, 5.41) is 19.4. The van der Waals surface area contributed by atoms with Crippen molar-refractivity contribution in [3.8, 4) is 6.07 Å². The predicted octanol–water partition coefficient (Wildman–Crippen LogP) is 1.14. The number of hydrogen-bond acceptors (Lipinski definition) is 3. The summed E-state index contributed by atoms with van der Waals surface area (Å²) in [5.74, 6) is -3.07. The summed E-state index contributed by atoms with van der Waals surface area (Å²) in [6, 6.07) is 2.08. The molecule has 2 N–H and O–H groups in total. The lowest BCUT2D eigenvalue weighted by Gasteiger charge is -2.17. The fourth-order valence-electron chi connectivity index (χ4n) is 0.784. The summed E-state index contributed by atoms with van der Waals surface area (Å²) >= 11 is 0. The molecule has 0 aromatic heterocycles. The highest BCUT2D eigenvalue weighted by Crippen LogP contribution is 2.17. The van der Waals surface area contributed by atoms with Gasteiger partial charge >= 0.3 is 0 Å². The predicted molar refractivity (Wildman–Crippen MR) is 48.9 cm³/mol. The summed E-state index contributed by atoms with van der Waals surface area (Å²) in [5.41, 5.74) is -0.499. The van der Waals surface area contributed by atoms with E-state index in [2.05, 4.69) is 11.4 Å². The van der Waals surface area contributed by atoms with Crippen molar-refractivity contribution < 1.29 is 13.9 Å². The van der Waals surface area contributed by atoms with Gasteiger partial charge in [-0.1, -0.05) is 0 Å². The first-order chi connectivity index (χ1) is 6.33. The number of aliphatic hydroxyl groups excluding tert-OH is 1. The molecule has 0 aromatic rings. The molecule has 0 rings (SSSR count). The molecule has 82 valence electrons. The Labute approximate surface area is 82.7 Å². The summed E-state index contributed by atoms with van der Waals surface area (Å²) in [6.45, 7) is 2.14. The quantitative estimate of drug-likeness (QED) is 0.641. The minimum absolute atomic E-state index is 0.343. The zero-order valence-corrected chi connectivity index (χ0v) is 8.48. The van der Waals surface area contributed by atoms with E-state index in [0.717, 1.165) is 0 Å². The van der Waals surface area contributed by atoms with Crippen molar-refractivity contribution in [2.24, 2.45) is 5.41 Å². The van der Waals surface area contributed by atoms with Gasteiger partial charge < -0.3 is 10.4 Å². The summed E-state index contributed by atoms with van der Waals surface area (Å²) in [7, 11) is 0. The molecule has 3 nitrogen and oxygen atoms in total. The highest BCUT2D eigenvalue weighted by molar-refractivity contribution is 4.91. The van der Waals surface area contributed by atoms with Crippen molar-refractivity contribution in [3.05, 3.63) is 0 Å². The normalized spacial score (nSPS) is 12.6. The molecule has 0 amide bonds. The Bertz CT molecular complexity index is 211. The maximum absolute atomic E-state index is 12.5. The Kier molecular flexibility index (Phi) is 4.95. The number of nitrogens with zero attached hydrogens (tertiary/aromatic N) is 1. The fraction of sp³-hybridized carbons (Fsp3) is 0.889. The lowest BCUT2D eigenvalue weighted by molar-refractivity contribution is -0.0476. The monoisotopic (exact) mass is 206 g/mol. The molecule has 0 aliphatic heterocycles. The third-order valence-electron chi connectivity index (χ3n) is 1.84. The second-order valence-electron chi connectivity index (χ2n) is 3.94. The molecule has 0 atom stereocenters. The summed E-state index contributed by atoms with van der Waals surface area (Å²) in [6.07, 6.45) is 0.505. The van der Waals surface area contributed by atoms with E-state index in [0.29, 0.717) is 13.0 Å². The Morgan fingerprint density at radius 2 is 2.00 bits per heavy atom. The minimum Gasteiger partial charge on any atom is -0.390 e. The van der Waals surface area contributed by atoms with Crippen LogP contribution in [0.3, 0.4) is 0 Å². The minimum atomic E-state index is -3.07. The smallest absolute Gasteiger partial charge is 0.282 e. The van der Waals surface area contributed by atoms with Crippen LogP contribution in [0.5, 0.6) is 0 Å². The fourth-order valence-corrected chi connectivity index (χ4v) is 0.784. The topological polar surface area (TPSA) is 56.0 Å². The van der Waals surface area contributed by atoms with Crippen LogP contribution in [-0.4, -0.2) is 30.7 Å². The molecule has 0 saturated heterocycles. The van der Waals surface area contributed by atoms with E-state index < -0.39 is 24.5 Å². The zero-order valence-electron chi connectivity index (χ0n) is 8.48. The summed E-state index contributed by atoms with van der Waals surface area (Å²) < 4.78 is 25.0. The second-order valence-corrected chi connectivity index (χ2v) is 3.94. The third-order valence-corrected chi connectivity index (χ3v) is 1.84. The van der Waals surface area contributed by atoms with E-state index in [-0.39, 0.29) is 0 Å². The SMILES string of the molecule is CC(C)(C#N)CCNCC(F)(F)CO. The molecule has 0 spiro atoms. The Balaban J connectivity index is 3.63. The van der Waals surface area contributed by atoms with Crippen LogP contribution in [-0.2, 0) is 0 Å². The van der Waals surface area contributed by atoms with Gasteiger partial charge in [-0.15, -0.1) is 0 Å². The van der Waals surface area contributed by atoms with E-state index in [4.69, 9.17) is 10.4 Å². The molecule has 14 heavy (non-hydrogen) atoms. The van der Waals surface area contributed by atoms with E-state index in [1.807, 2.05) is 0 Å². The van der Waals surface area contributed by atoms with Crippen LogP contribution in [0.2, 0.25) is 0 Å². The number of rotatable bonds is 6. The van der Waals surface area contributed by atoms with Gasteiger partial charge in [0.25, 0.3) is 5.92 Å². The average Bonchev–Trinajstić information content (AvgIpc) is 2.13. The van der Waals surface area contributed by atoms with Gasteiger partial charge in [0.2, 0.25) is 0 Å². The molecule has 0 fully saturated rings. The first-order valence-electron chi connectivity index (χ1n) is 4.44. The van der Waals surface area contributed by atoms with Crippen LogP contribution < -0.4 is 5.32 Å². The third kappa shape index (κ3) is 5.84. The Morgan fingerprint density at radius 3 is 2.43 bits per heavy atom. The van der Waals surface area contributed by atoms with Crippen LogP contribution in [0.4, 0.5) is 8.78 Å². The lowest BCUT2D eigenvalue weighted by Crippen LogP contribution is -2.37. The van der Waals surface area contributed by atoms with Crippen LogP contribution >= 0.6 is 0 Å². The van der Waals surface area contributed by atoms with Crippen LogP contribution in [0.15, 0.2) is 0 Å². The Hall–Kier alpha value is -0.730. The molecule has 0 heterocycles. The molecule has 0 radical (unpaired) electrons. The van der Waals surface area contributed by atoms with Gasteiger partial charge in [0, 0.05) is 0 Å². The maximum Gasteiger partial charge on any atom is 0.282 e. The molecule has 0 aliphatic carbocycles. The number of nitrogens with one attached hydrogen (secondary N) is 1. The molecule has 0 unspecified atom stereocenters. The number of aliphatic hydroxyl groups is 1. The number of alkyl halides is 2. The lowest BCUT2D eigenvalue weighted by atomic mass is 9.91. The zero-order chi connectivity index (χ0) is 11.2. The highest BCUT2D eigenvalue weighted by atomic mass is 19.3.